The summed E-state index contributed by atoms with van der Waals surface area (Å²) in [6.45, 7) is 5.57. The molecule has 1 saturated carbocycles. The molecule has 0 unspecified atom stereocenters. The Morgan fingerprint density at radius 1 is 1.05 bits per heavy atom. The van der Waals surface area contributed by atoms with Gasteiger partial charge in [-0.1, -0.05) is 0 Å². The maximum Gasteiger partial charge on any atom is 0.255 e. The van der Waals surface area contributed by atoms with E-state index in [4.69, 9.17) is 15.6 Å². The van der Waals surface area contributed by atoms with Crippen LogP contribution in [-0.4, -0.2) is 81.7 Å². The summed E-state index contributed by atoms with van der Waals surface area (Å²) in [6, 6.07) is 9.29. The predicted octanol–water partition coefficient (Wildman–Crippen LogP) is 4.73. The third-order valence-electron chi connectivity index (χ3n) is 9.79. The number of piperidine rings is 2. The first-order valence-corrected chi connectivity index (χ1v) is 15.9. The summed E-state index contributed by atoms with van der Waals surface area (Å²) in [5.41, 5.74) is 12.6. The number of nitrogens with two attached hydrogens (primary N) is 1. The zero-order valence-corrected chi connectivity index (χ0v) is 25.6. The molecule has 7 rings (SSSR count). The van der Waals surface area contributed by atoms with Crippen molar-refractivity contribution in [3.63, 3.8) is 0 Å². The normalized spacial score (nSPS) is 19.8. The smallest absolute Gasteiger partial charge is 0.255 e. The van der Waals surface area contributed by atoms with E-state index in [1.807, 2.05) is 32.6 Å². The number of aromatic nitrogens is 3. The molecule has 1 atom stereocenters. The Morgan fingerprint density at radius 3 is 2.57 bits per heavy atom. The second kappa shape index (κ2) is 11.6. The SMILES string of the molecule is COCC(=O)N1CCC(c2cc(F)cc3cc(-c4nn5cc(C(=O)N6CCC[C@@H](N)C6)ccc5c4C)n(CC4CC4)c23)CC1. The van der Waals surface area contributed by atoms with Crippen molar-refractivity contribution in [3.8, 4) is 11.4 Å². The van der Waals surface area contributed by atoms with Gasteiger partial charge in [-0.15, -0.1) is 0 Å². The van der Waals surface area contributed by atoms with Crippen molar-refractivity contribution in [1.29, 1.82) is 0 Å². The van der Waals surface area contributed by atoms with Gasteiger partial charge in [0.05, 0.1) is 22.3 Å². The van der Waals surface area contributed by atoms with Crippen molar-refractivity contribution in [3.05, 3.63) is 59.0 Å². The van der Waals surface area contributed by atoms with Gasteiger partial charge in [0, 0.05) is 63.0 Å². The summed E-state index contributed by atoms with van der Waals surface area (Å²) >= 11 is 0. The molecule has 9 nitrogen and oxygen atoms in total. The number of benzene rings is 1. The minimum absolute atomic E-state index is 0.00131. The molecule has 232 valence electrons. The molecule has 5 heterocycles. The number of aryl methyl sites for hydroxylation is 1. The average molecular weight is 601 g/mol. The van der Waals surface area contributed by atoms with Crippen LogP contribution in [0.1, 0.15) is 65.9 Å². The molecular formula is C34H41FN6O3. The van der Waals surface area contributed by atoms with Gasteiger partial charge < -0.3 is 24.8 Å². The van der Waals surface area contributed by atoms with Crippen LogP contribution in [0.15, 0.2) is 36.5 Å². The molecule has 2 amide bonds. The number of methoxy groups -OCH3 is 1. The van der Waals surface area contributed by atoms with Crippen LogP contribution in [-0.2, 0) is 16.1 Å². The number of carbonyl (C=O) groups excluding carboxylic acids is 2. The summed E-state index contributed by atoms with van der Waals surface area (Å²) in [6.07, 6.45) is 7.62. The van der Waals surface area contributed by atoms with E-state index in [0.29, 0.717) is 31.1 Å². The number of amides is 2. The van der Waals surface area contributed by atoms with E-state index in [1.165, 1.54) is 20.0 Å². The lowest BCUT2D eigenvalue weighted by molar-refractivity contribution is -0.136. The van der Waals surface area contributed by atoms with Gasteiger partial charge in [0.2, 0.25) is 5.91 Å². The minimum atomic E-state index is -0.243. The van der Waals surface area contributed by atoms with Crippen LogP contribution >= 0.6 is 0 Å². The van der Waals surface area contributed by atoms with E-state index in [9.17, 15) is 9.59 Å². The van der Waals surface area contributed by atoms with Crippen LogP contribution in [0, 0.1) is 18.7 Å². The van der Waals surface area contributed by atoms with E-state index >= 15 is 4.39 Å². The van der Waals surface area contributed by atoms with Crippen molar-refractivity contribution < 1.29 is 18.7 Å². The maximum atomic E-state index is 15.2. The van der Waals surface area contributed by atoms with Crippen molar-refractivity contribution in [1.82, 2.24) is 24.0 Å². The largest absolute Gasteiger partial charge is 0.375 e. The van der Waals surface area contributed by atoms with Crippen LogP contribution in [0.5, 0.6) is 0 Å². The molecular weight excluding hydrogens is 559 g/mol. The molecule has 3 aromatic heterocycles. The zero-order valence-electron chi connectivity index (χ0n) is 25.6. The molecule has 1 aliphatic carbocycles. The van der Waals surface area contributed by atoms with Gasteiger partial charge in [0.25, 0.3) is 5.91 Å². The number of hydrogen-bond acceptors (Lipinski definition) is 5. The number of hydrogen-bond donors (Lipinski definition) is 1. The average Bonchev–Trinajstić information content (AvgIpc) is 3.70. The first-order chi connectivity index (χ1) is 21.3. The molecule has 4 aromatic rings. The van der Waals surface area contributed by atoms with E-state index in [1.54, 1.807) is 12.1 Å². The second-order valence-corrected chi connectivity index (χ2v) is 13.0. The first-order valence-electron chi connectivity index (χ1n) is 15.9. The van der Waals surface area contributed by atoms with Crippen LogP contribution in [0.2, 0.25) is 0 Å². The van der Waals surface area contributed by atoms with Crippen LogP contribution < -0.4 is 5.73 Å². The molecule has 1 aromatic carbocycles. The molecule has 0 spiro atoms. The monoisotopic (exact) mass is 600 g/mol. The van der Waals surface area contributed by atoms with E-state index in [0.717, 1.165) is 77.7 Å². The van der Waals surface area contributed by atoms with E-state index in [-0.39, 0.29) is 36.2 Å². The third kappa shape index (κ3) is 5.38. The maximum absolute atomic E-state index is 15.2. The molecule has 10 heteroatoms. The summed E-state index contributed by atoms with van der Waals surface area (Å²) in [5.74, 6) is 0.483. The Balaban J connectivity index is 1.27. The number of pyridine rings is 1. The minimum Gasteiger partial charge on any atom is -0.375 e. The number of halogens is 1. The number of rotatable bonds is 7. The first kappa shape index (κ1) is 29.0. The fraction of sp³-hybridized carbons (Fsp3) is 0.500. The number of ether oxygens (including phenoxy) is 1. The van der Waals surface area contributed by atoms with Gasteiger partial charge in [-0.2, -0.15) is 5.10 Å². The lowest BCUT2D eigenvalue weighted by Crippen LogP contribution is -2.45. The summed E-state index contributed by atoms with van der Waals surface area (Å²) in [5, 5.41) is 5.91. The molecule has 44 heavy (non-hydrogen) atoms. The number of carbonyl (C=O) groups is 2. The lowest BCUT2D eigenvalue weighted by atomic mass is 9.88. The topological polar surface area (TPSA) is 98.1 Å². The molecule has 2 aliphatic heterocycles. The van der Waals surface area contributed by atoms with Crippen molar-refractivity contribution in [2.45, 2.75) is 64.0 Å². The highest BCUT2D eigenvalue weighted by Crippen LogP contribution is 2.41. The van der Waals surface area contributed by atoms with Gasteiger partial charge in [-0.3, -0.25) is 9.59 Å². The van der Waals surface area contributed by atoms with Gasteiger partial charge >= 0.3 is 0 Å². The fourth-order valence-corrected chi connectivity index (χ4v) is 7.24. The van der Waals surface area contributed by atoms with Crippen LogP contribution in [0.4, 0.5) is 4.39 Å². The summed E-state index contributed by atoms with van der Waals surface area (Å²) in [7, 11) is 1.54. The molecule has 0 radical (unpaired) electrons. The quantitative estimate of drug-likeness (QED) is 0.331. The number of likely N-dealkylation sites (tertiary alicyclic amines) is 2. The Bertz CT molecular complexity index is 1730. The van der Waals surface area contributed by atoms with Crippen LogP contribution in [0.3, 0.4) is 0 Å². The Hall–Kier alpha value is -3.76. The third-order valence-corrected chi connectivity index (χ3v) is 9.79. The molecule has 0 bridgehead atoms. The number of fused-ring (bicyclic) bond motifs is 2. The van der Waals surface area contributed by atoms with Crippen molar-refractivity contribution >= 4 is 28.2 Å². The predicted molar refractivity (Wildman–Crippen MR) is 167 cm³/mol. The van der Waals surface area contributed by atoms with Gasteiger partial charge in [-0.25, -0.2) is 8.91 Å². The lowest BCUT2D eigenvalue weighted by Gasteiger charge is -2.32. The highest BCUT2D eigenvalue weighted by molar-refractivity contribution is 5.95. The van der Waals surface area contributed by atoms with Gasteiger partial charge in [-0.05, 0) is 93.2 Å². The Morgan fingerprint density at radius 2 is 1.84 bits per heavy atom. The van der Waals surface area contributed by atoms with Gasteiger partial charge in [0.15, 0.2) is 0 Å². The Kier molecular flexibility index (Phi) is 7.66. The van der Waals surface area contributed by atoms with Gasteiger partial charge in [0.1, 0.15) is 18.1 Å². The zero-order chi connectivity index (χ0) is 30.5. The Labute approximate surface area is 256 Å². The summed E-state index contributed by atoms with van der Waals surface area (Å²) in [4.78, 5) is 29.4. The molecule has 2 N–H and O–H groups in total. The molecule has 2 saturated heterocycles. The molecule has 3 fully saturated rings. The fourth-order valence-electron chi connectivity index (χ4n) is 7.24. The molecule has 3 aliphatic rings. The summed E-state index contributed by atoms with van der Waals surface area (Å²) < 4.78 is 24.4. The van der Waals surface area contributed by atoms with Crippen LogP contribution in [0.25, 0.3) is 27.8 Å². The van der Waals surface area contributed by atoms with E-state index in [2.05, 4.69) is 17.6 Å². The van der Waals surface area contributed by atoms with Crippen molar-refractivity contribution in [2.75, 3.05) is 39.9 Å². The van der Waals surface area contributed by atoms with E-state index < -0.39 is 0 Å². The standard InChI is InChI=1S/C34H41FN6O3/c1-21-29-8-7-24(34(43)39-11-3-4-27(36)19-39)18-41(29)37-32(21)30-15-25-14-26(35)16-28(33(25)40(30)17-22-5-6-22)23-9-12-38(13-10-23)31(42)20-44-2/h7-8,14-16,18,22-23,27H,3-6,9-13,17,19-20,36H2,1-2H3/t27-/m1/s1. The number of nitrogens with zero attached hydrogens (tertiary/aromatic N) is 5. The second-order valence-electron chi connectivity index (χ2n) is 13.0. The highest BCUT2D eigenvalue weighted by atomic mass is 19.1. The highest BCUT2D eigenvalue weighted by Gasteiger charge is 2.31. The van der Waals surface area contributed by atoms with Crippen molar-refractivity contribution in [2.24, 2.45) is 11.7 Å².